The molecule has 0 unspecified atom stereocenters. The number of halogens is 6. The van der Waals surface area contributed by atoms with Crippen LogP contribution in [0, 0.1) is 11.6 Å². The Morgan fingerprint density at radius 3 is 2.33 bits per heavy atom. The van der Waals surface area contributed by atoms with Gasteiger partial charge in [-0.2, -0.15) is 13.2 Å². The summed E-state index contributed by atoms with van der Waals surface area (Å²) >= 11 is 4.75. The highest BCUT2D eigenvalue weighted by molar-refractivity contribution is 6.67. The molecule has 82 valence electrons. The highest BCUT2D eigenvalue weighted by Gasteiger charge is 2.34. The van der Waals surface area contributed by atoms with Crippen molar-refractivity contribution in [1.29, 1.82) is 0 Å². The maximum absolute atomic E-state index is 12.8. The summed E-state index contributed by atoms with van der Waals surface area (Å²) in [5.74, 6) is -1.99. The van der Waals surface area contributed by atoms with Crippen molar-refractivity contribution >= 4 is 22.5 Å². The number of rotatable bonds is 1. The van der Waals surface area contributed by atoms with E-state index in [1.807, 2.05) is 0 Å². The van der Waals surface area contributed by atoms with Crippen LogP contribution < -0.4 is 0 Å². The van der Waals surface area contributed by atoms with E-state index in [1.165, 1.54) is 0 Å². The molecule has 0 aliphatic heterocycles. The van der Waals surface area contributed by atoms with Gasteiger partial charge in [-0.05, 0) is 12.1 Å². The molecular formula is C8H3ClF5N. The van der Waals surface area contributed by atoms with E-state index in [9.17, 15) is 22.0 Å². The van der Waals surface area contributed by atoms with E-state index >= 15 is 0 Å². The summed E-state index contributed by atoms with van der Waals surface area (Å²) in [4.78, 5) is 2.73. The van der Waals surface area contributed by atoms with Gasteiger partial charge >= 0.3 is 6.18 Å². The number of aliphatic imine (C=N–C) groups is 1. The molecule has 0 atom stereocenters. The Hall–Kier alpha value is -1.17. The van der Waals surface area contributed by atoms with Gasteiger partial charge in [-0.3, -0.25) is 0 Å². The highest BCUT2D eigenvalue weighted by atomic mass is 35.5. The average Bonchev–Trinajstić information content (AvgIpc) is 2.09. The van der Waals surface area contributed by atoms with Gasteiger partial charge in [0, 0.05) is 6.07 Å². The molecule has 0 heterocycles. The lowest BCUT2D eigenvalue weighted by atomic mass is 10.3. The maximum atomic E-state index is 12.8. The first kappa shape index (κ1) is 11.9. The minimum Gasteiger partial charge on any atom is -0.229 e. The quantitative estimate of drug-likeness (QED) is 0.526. The molecule has 0 bridgehead atoms. The van der Waals surface area contributed by atoms with Crippen molar-refractivity contribution in [2.24, 2.45) is 4.99 Å². The lowest BCUT2D eigenvalue weighted by molar-refractivity contribution is -0.0558. The van der Waals surface area contributed by atoms with Crippen LogP contribution in [-0.2, 0) is 0 Å². The zero-order chi connectivity index (χ0) is 11.6. The van der Waals surface area contributed by atoms with Crippen LogP contribution in [0.4, 0.5) is 27.6 Å². The number of hydrogen-bond donors (Lipinski definition) is 0. The van der Waals surface area contributed by atoms with Crippen LogP contribution in [0.1, 0.15) is 0 Å². The van der Waals surface area contributed by atoms with E-state index < -0.39 is 28.7 Å². The van der Waals surface area contributed by atoms with Gasteiger partial charge in [-0.1, -0.05) is 11.6 Å². The molecule has 0 spiro atoms. The summed E-state index contributed by atoms with van der Waals surface area (Å²) in [7, 11) is 0. The standard InChI is InChI=1S/C8H3ClF5N/c9-7(8(12,13)14)15-6-3-4(10)1-2-5(6)11/h1-3H. The summed E-state index contributed by atoms with van der Waals surface area (Å²) in [6.45, 7) is 0. The molecule has 15 heavy (non-hydrogen) atoms. The van der Waals surface area contributed by atoms with E-state index in [0.717, 1.165) is 6.07 Å². The van der Waals surface area contributed by atoms with Crippen LogP contribution in [0.2, 0.25) is 0 Å². The van der Waals surface area contributed by atoms with Crippen LogP contribution in [-0.4, -0.2) is 11.3 Å². The van der Waals surface area contributed by atoms with Crippen molar-refractivity contribution in [3.8, 4) is 0 Å². The second kappa shape index (κ2) is 4.14. The summed E-state index contributed by atoms with van der Waals surface area (Å²) in [6.07, 6.45) is -4.87. The molecule has 0 amide bonds. The third kappa shape index (κ3) is 3.16. The molecule has 0 aromatic heterocycles. The molecule has 7 heteroatoms. The van der Waals surface area contributed by atoms with Gasteiger partial charge in [0.05, 0.1) is 0 Å². The number of benzene rings is 1. The van der Waals surface area contributed by atoms with E-state index in [0.29, 0.717) is 12.1 Å². The first-order chi connectivity index (χ1) is 6.80. The van der Waals surface area contributed by atoms with Crippen LogP contribution in [0.25, 0.3) is 0 Å². The highest BCUT2D eigenvalue weighted by Crippen LogP contribution is 2.25. The molecule has 0 saturated heterocycles. The maximum Gasteiger partial charge on any atom is 0.444 e. The van der Waals surface area contributed by atoms with Gasteiger partial charge in [0.25, 0.3) is 0 Å². The Morgan fingerprint density at radius 1 is 1.20 bits per heavy atom. The monoisotopic (exact) mass is 243 g/mol. The topological polar surface area (TPSA) is 12.4 Å². The Balaban J connectivity index is 3.13. The smallest absolute Gasteiger partial charge is 0.229 e. The fourth-order valence-corrected chi connectivity index (χ4v) is 0.832. The fraction of sp³-hybridized carbons (Fsp3) is 0.125. The number of nitrogens with zero attached hydrogens (tertiary/aromatic N) is 1. The predicted molar refractivity (Wildman–Crippen MR) is 45.4 cm³/mol. The molecule has 0 fully saturated rings. The van der Waals surface area contributed by atoms with Crippen molar-refractivity contribution < 1.29 is 22.0 Å². The van der Waals surface area contributed by atoms with Gasteiger partial charge in [-0.15, -0.1) is 0 Å². The Kier molecular flexibility index (Phi) is 3.28. The third-order valence-corrected chi connectivity index (χ3v) is 1.66. The van der Waals surface area contributed by atoms with Crippen LogP contribution in [0.3, 0.4) is 0 Å². The second-order valence-electron chi connectivity index (χ2n) is 2.50. The predicted octanol–water partition coefficient (Wildman–Crippen LogP) is 3.80. The van der Waals surface area contributed by atoms with Gasteiger partial charge in [-0.25, -0.2) is 13.8 Å². The Morgan fingerprint density at radius 2 is 1.80 bits per heavy atom. The van der Waals surface area contributed by atoms with E-state index in [4.69, 9.17) is 11.6 Å². The molecule has 1 aromatic rings. The van der Waals surface area contributed by atoms with E-state index in [2.05, 4.69) is 4.99 Å². The average molecular weight is 244 g/mol. The molecule has 0 aliphatic carbocycles. The normalized spacial score (nSPS) is 13.1. The zero-order valence-corrected chi connectivity index (χ0v) is 7.70. The van der Waals surface area contributed by atoms with Crippen molar-refractivity contribution in [2.75, 3.05) is 0 Å². The van der Waals surface area contributed by atoms with Gasteiger partial charge in [0.15, 0.2) is 0 Å². The minimum absolute atomic E-state index is 0.517. The van der Waals surface area contributed by atoms with E-state index in [1.54, 1.807) is 0 Å². The number of alkyl halides is 3. The second-order valence-corrected chi connectivity index (χ2v) is 2.85. The van der Waals surface area contributed by atoms with Crippen molar-refractivity contribution in [3.05, 3.63) is 29.8 Å². The molecule has 0 N–H and O–H groups in total. The number of hydrogen-bond acceptors (Lipinski definition) is 1. The first-order valence-corrected chi connectivity index (χ1v) is 3.95. The molecule has 0 saturated carbocycles. The first-order valence-electron chi connectivity index (χ1n) is 3.57. The van der Waals surface area contributed by atoms with Gasteiger partial charge in [0.2, 0.25) is 5.17 Å². The molecule has 0 radical (unpaired) electrons. The third-order valence-electron chi connectivity index (χ3n) is 1.36. The van der Waals surface area contributed by atoms with E-state index in [-0.39, 0.29) is 0 Å². The lowest BCUT2D eigenvalue weighted by Gasteiger charge is -2.03. The molecule has 0 aliphatic rings. The molecule has 1 aromatic carbocycles. The fourth-order valence-electron chi connectivity index (χ4n) is 0.741. The Bertz CT molecular complexity index is 399. The van der Waals surface area contributed by atoms with Crippen molar-refractivity contribution in [3.63, 3.8) is 0 Å². The minimum atomic E-state index is -4.87. The SMILES string of the molecule is Fc1ccc(F)c(N=C(Cl)C(F)(F)F)c1. The van der Waals surface area contributed by atoms with Gasteiger partial charge in [0.1, 0.15) is 17.3 Å². The van der Waals surface area contributed by atoms with Crippen LogP contribution in [0.5, 0.6) is 0 Å². The van der Waals surface area contributed by atoms with Crippen LogP contribution >= 0.6 is 11.6 Å². The molecular weight excluding hydrogens is 241 g/mol. The summed E-state index contributed by atoms with van der Waals surface area (Å²) in [6, 6.07) is 1.94. The lowest BCUT2D eigenvalue weighted by Crippen LogP contribution is -2.16. The zero-order valence-electron chi connectivity index (χ0n) is 6.95. The van der Waals surface area contributed by atoms with Crippen molar-refractivity contribution in [2.45, 2.75) is 6.18 Å². The summed E-state index contributed by atoms with van der Waals surface area (Å²) < 4.78 is 61.0. The molecule has 1 nitrogen and oxygen atoms in total. The largest absolute Gasteiger partial charge is 0.444 e. The summed E-state index contributed by atoms with van der Waals surface area (Å²) in [5.41, 5.74) is -0.794. The Labute approximate surface area is 86.2 Å². The van der Waals surface area contributed by atoms with Gasteiger partial charge < -0.3 is 0 Å². The van der Waals surface area contributed by atoms with Crippen molar-refractivity contribution in [1.82, 2.24) is 0 Å². The summed E-state index contributed by atoms with van der Waals surface area (Å²) in [5, 5.41) is -1.76. The van der Waals surface area contributed by atoms with Crippen LogP contribution in [0.15, 0.2) is 23.2 Å². The molecule has 1 rings (SSSR count).